The van der Waals surface area contributed by atoms with Gasteiger partial charge in [0.25, 0.3) is 5.91 Å². The summed E-state index contributed by atoms with van der Waals surface area (Å²) in [5, 5.41) is 4.20. The lowest BCUT2D eigenvalue weighted by molar-refractivity contribution is 0.0950. The van der Waals surface area contributed by atoms with Crippen LogP contribution in [0.5, 0.6) is 0 Å². The number of fused-ring (bicyclic) bond motifs is 1. The minimum Gasteiger partial charge on any atom is -0.352 e. The first kappa shape index (κ1) is 15.3. The Morgan fingerprint density at radius 3 is 2.82 bits per heavy atom. The molecule has 1 heterocycles. The second kappa shape index (κ2) is 7.10. The molecule has 4 heteroatoms. The number of carbonyl (C=O) groups excluding carboxylic acids is 1. The molecule has 0 radical (unpaired) electrons. The van der Waals surface area contributed by atoms with Crippen LogP contribution in [-0.4, -0.2) is 17.4 Å². The Balaban J connectivity index is 1.63. The topological polar surface area (TPSA) is 42.0 Å². The lowest BCUT2D eigenvalue weighted by atomic mass is 9.87. The van der Waals surface area contributed by atoms with Crippen molar-refractivity contribution >= 4 is 28.4 Å². The average molecular weight is 317 g/mol. The van der Waals surface area contributed by atoms with Crippen LogP contribution in [0.4, 0.5) is 0 Å². The molecule has 0 atom stereocenters. The third kappa shape index (κ3) is 3.58. The number of hydrogen-bond acceptors (Lipinski definition) is 2. The molecular weight excluding hydrogens is 296 g/mol. The van der Waals surface area contributed by atoms with E-state index in [1.165, 1.54) is 32.1 Å². The third-order valence-electron chi connectivity index (χ3n) is 4.48. The van der Waals surface area contributed by atoms with Crippen molar-refractivity contribution in [2.45, 2.75) is 38.5 Å². The lowest BCUT2D eigenvalue weighted by Gasteiger charge is -2.21. The second-order valence-corrected chi connectivity index (χ2v) is 6.43. The summed E-state index contributed by atoms with van der Waals surface area (Å²) in [5.74, 6) is 0.637. The molecule has 1 saturated carbocycles. The number of halogens is 1. The number of pyridine rings is 1. The van der Waals surface area contributed by atoms with Crippen LogP contribution in [0.3, 0.4) is 0 Å². The fraction of sp³-hybridized carbons (Fsp3) is 0.444. The maximum atomic E-state index is 12.3. The molecule has 3 rings (SSSR count). The Kier molecular flexibility index (Phi) is 4.94. The normalized spacial score (nSPS) is 15.9. The van der Waals surface area contributed by atoms with Crippen LogP contribution in [0.2, 0.25) is 5.15 Å². The molecule has 2 aromatic rings. The van der Waals surface area contributed by atoms with Gasteiger partial charge >= 0.3 is 0 Å². The summed E-state index contributed by atoms with van der Waals surface area (Å²) in [6, 6.07) is 9.50. The van der Waals surface area contributed by atoms with E-state index < -0.39 is 0 Å². The third-order valence-corrected chi connectivity index (χ3v) is 4.77. The quantitative estimate of drug-likeness (QED) is 0.838. The predicted molar refractivity (Wildman–Crippen MR) is 90.3 cm³/mol. The van der Waals surface area contributed by atoms with Crippen molar-refractivity contribution < 1.29 is 4.79 Å². The number of aromatic nitrogens is 1. The highest BCUT2D eigenvalue weighted by Crippen LogP contribution is 2.26. The Labute approximate surface area is 136 Å². The number of rotatable bonds is 4. The van der Waals surface area contributed by atoms with Crippen LogP contribution in [0.25, 0.3) is 10.9 Å². The average Bonchev–Trinajstić information content (AvgIpc) is 2.55. The monoisotopic (exact) mass is 316 g/mol. The molecule has 1 amide bonds. The van der Waals surface area contributed by atoms with Crippen molar-refractivity contribution in [3.8, 4) is 0 Å². The largest absolute Gasteiger partial charge is 0.352 e. The van der Waals surface area contributed by atoms with Gasteiger partial charge in [0.2, 0.25) is 0 Å². The van der Waals surface area contributed by atoms with Crippen molar-refractivity contribution in [1.82, 2.24) is 10.3 Å². The van der Waals surface area contributed by atoms with Crippen LogP contribution in [0, 0.1) is 5.92 Å². The highest BCUT2D eigenvalue weighted by molar-refractivity contribution is 6.33. The van der Waals surface area contributed by atoms with Gasteiger partial charge in [0, 0.05) is 11.9 Å². The van der Waals surface area contributed by atoms with Gasteiger partial charge in [0.05, 0.1) is 11.1 Å². The van der Waals surface area contributed by atoms with Gasteiger partial charge < -0.3 is 5.32 Å². The van der Waals surface area contributed by atoms with Crippen LogP contribution in [-0.2, 0) is 0 Å². The van der Waals surface area contributed by atoms with Crippen LogP contribution >= 0.6 is 11.6 Å². The van der Waals surface area contributed by atoms with E-state index >= 15 is 0 Å². The maximum absolute atomic E-state index is 12.3. The Morgan fingerprint density at radius 1 is 1.23 bits per heavy atom. The van der Waals surface area contributed by atoms with Gasteiger partial charge in [-0.1, -0.05) is 61.9 Å². The molecule has 0 saturated heterocycles. The van der Waals surface area contributed by atoms with E-state index in [1.54, 1.807) is 0 Å². The molecule has 1 N–H and O–H groups in total. The highest BCUT2D eigenvalue weighted by atomic mass is 35.5. The van der Waals surface area contributed by atoms with Crippen LogP contribution in [0.1, 0.15) is 48.9 Å². The first-order chi connectivity index (χ1) is 10.7. The molecule has 116 valence electrons. The molecule has 0 aliphatic heterocycles. The van der Waals surface area contributed by atoms with Gasteiger partial charge in [-0.25, -0.2) is 4.98 Å². The van der Waals surface area contributed by atoms with E-state index in [0.29, 0.717) is 12.1 Å². The summed E-state index contributed by atoms with van der Waals surface area (Å²) < 4.78 is 0. The molecular formula is C18H21ClN2O. The molecule has 22 heavy (non-hydrogen) atoms. The number of nitrogens with zero attached hydrogens (tertiary/aromatic N) is 1. The predicted octanol–water partition coefficient (Wildman–Crippen LogP) is 4.59. The lowest BCUT2D eigenvalue weighted by Crippen LogP contribution is -2.26. The molecule has 1 aromatic heterocycles. The maximum Gasteiger partial charge on any atom is 0.254 e. The minimum atomic E-state index is -0.126. The van der Waals surface area contributed by atoms with E-state index in [2.05, 4.69) is 10.3 Å². The molecule has 1 fully saturated rings. The number of nitrogens with one attached hydrogen (secondary N) is 1. The summed E-state index contributed by atoms with van der Waals surface area (Å²) in [4.78, 5) is 16.6. The molecule has 1 aromatic carbocycles. The summed E-state index contributed by atoms with van der Waals surface area (Å²) in [5.41, 5.74) is 1.27. The van der Waals surface area contributed by atoms with Gasteiger partial charge in [0.15, 0.2) is 0 Å². The fourth-order valence-electron chi connectivity index (χ4n) is 3.21. The van der Waals surface area contributed by atoms with Crippen molar-refractivity contribution in [2.24, 2.45) is 5.92 Å². The van der Waals surface area contributed by atoms with Crippen molar-refractivity contribution in [1.29, 1.82) is 0 Å². The van der Waals surface area contributed by atoms with Gasteiger partial charge in [-0.3, -0.25) is 4.79 Å². The first-order valence-electron chi connectivity index (χ1n) is 8.07. The number of para-hydroxylation sites is 1. The highest BCUT2D eigenvalue weighted by Gasteiger charge is 2.15. The summed E-state index contributed by atoms with van der Waals surface area (Å²) in [6.07, 6.45) is 7.69. The van der Waals surface area contributed by atoms with Crippen molar-refractivity contribution in [3.63, 3.8) is 0 Å². The summed E-state index contributed by atoms with van der Waals surface area (Å²) in [6.45, 7) is 0.715. The van der Waals surface area contributed by atoms with Gasteiger partial charge in [-0.05, 0) is 24.5 Å². The summed E-state index contributed by atoms with van der Waals surface area (Å²) in [7, 11) is 0. The Bertz CT molecular complexity index is 665. The zero-order valence-electron chi connectivity index (χ0n) is 12.6. The zero-order chi connectivity index (χ0) is 15.4. The zero-order valence-corrected chi connectivity index (χ0v) is 13.4. The Morgan fingerprint density at radius 2 is 2.00 bits per heavy atom. The van der Waals surface area contributed by atoms with E-state index in [1.807, 2.05) is 30.3 Å². The standard InChI is InChI=1S/C18H21ClN2O/c19-17-15(12-14-8-4-5-9-16(14)21-17)18(22)20-11-10-13-6-2-1-3-7-13/h4-5,8-9,12-13H,1-3,6-7,10-11H2,(H,20,22). The minimum absolute atomic E-state index is 0.126. The molecule has 0 bridgehead atoms. The second-order valence-electron chi connectivity index (χ2n) is 6.07. The molecule has 1 aliphatic rings. The number of hydrogen-bond donors (Lipinski definition) is 1. The van der Waals surface area contributed by atoms with Gasteiger partial charge in [0.1, 0.15) is 5.15 Å². The number of amides is 1. The fourth-order valence-corrected chi connectivity index (χ4v) is 3.44. The van der Waals surface area contributed by atoms with E-state index in [0.717, 1.165) is 23.2 Å². The van der Waals surface area contributed by atoms with Gasteiger partial charge in [-0.2, -0.15) is 0 Å². The van der Waals surface area contributed by atoms with E-state index in [-0.39, 0.29) is 11.1 Å². The van der Waals surface area contributed by atoms with Crippen LogP contribution in [0.15, 0.2) is 30.3 Å². The number of carbonyl (C=O) groups is 1. The Hall–Kier alpha value is -1.61. The van der Waals surface area contributed by atoms with Gasteiger partial charge in [-0.15, -0.1) is 0 Å². The SMILES string of the molecule is O=C(NCCC1CCCCC1)c1cc2ccccc2nc1Cl. The molecule has 0 unspecified atom stereocenters. The van der Waals surface area contributed by atoms with Crippen molar-refractivity contribution in [2.75, 3.05) is 6.54 Å². The van der Waals surface area contributed by atoms with Crippen LogP contribution < -0.4 is 5.32 Å². The first-order valence-corrected chi connectivity index (χ1v) is 8.45. The molecule has 3 nitrogen and oxygen atoms in total. The molecule has 0 spiro atoms. The molecule has 1 aliphatic carbocycles. The van der Waals surface area contributed by atoms with Crippen molar-refractivity contribution in [3.05, 3.63) is 41.0 Å². The smallest absolute Gasteiger partial charge is 0.254 e. The van der Waals surface area contributed by atoms with E-state index in [4.69, 9.17) is 11.6 Å². The van der Waals surface area contributed by atoms with E-state index in [9.17, 15) is 4.79 Å². The summed E-state index contributed by atoms with van der Waals surface area (Å²) >= 11 is 6.15. The number of benzene rings is 1.